The van der Waals surface area contributed by atoms with E-state index < -0.39 is 0 Å². The molecule has 0 saturated carbocycles. The van der Waals surface area contributed by atoms with Gasteiger partial charge in [-0.1, -0.05) is 24.3 Å². The Hall–Kier alpha value is -1.80. The van der Waals surface area contributed by atoms with Crippen molar-refractivity contribution >= 4 is 21.8 Å². The van der Waals surface area contributed by atoms with Gasteiger partial charge in [-0.15, -0.1) is 0 Å². The lowest BCUT2D eigenvalue weighted by Gasteiger charge is -2.11. The number of fused-ring (bicyclic) bond motifs is 3. The molecule has 0 atom stereocenters. The zero-order valence-electron chi connectivity index (χ0n) is 10.7. The van der Waals surface area contributed by atoms with E-state index in [2.05, 4.69) is 54.8 Å². The lowest BCUT2D eigenvalue weighted by Crippen LogP contribution is -1.99. The largest absolute Gasteiger partial charge is 0.392 e. The highest BCUT2D eigenvalue weighted by Gasteiger charge is 2.12. The molecule has 2 nitrogen and oxygen atoms in total. The molecule has 0 fully saturated rings. The maximum atomic E-state index is 9.28. The molecule has 2 heteroatoms. The van der Waals surface area contributed by atoms with Crippen LogP contribution in [0.4, 0.5) is 0 Å². The van der Waals surface area contributed by atoms with E-state index in [0.717, 1.165) is 5.56 Å². The number of hydrogen-bond donors (Lipinski definition) is 1. The van der Waals surface area contributed by atoms with Crippen LogP contribution in [-0.2, 0) is 6.61 Å². The summed E-state index contributed by atoms with van der Waals surface area (Å²) in [6.45, 7) is 4.49. The van der Waals surface area contributed by atoms with Gasteiger partial charge in [0.2, 0.25) is 0 Å². The Labute approximate surface area is 106 Å². The zero-order chi connectivity index (χ0) is 12.7. The van der Waals surface area contributed by atoms with Gasteiger partial charge in [0.05, 0.1) is 6.61 Å². The van der Waals surface area contributed by atoms with Gasteiger partial charge in [-0.25, -0.2) is 0 Å². The number of hydrogen-bond acceptors (Lipinski definition) is 1. The molecule has 0 unspecified atom stereocenters. The van der Waals surface area contributed by atoms with Gasteiger partial charge in [0, 0.05) is 27.8 Å². The second-order valence-corrected chi connectivity index (χ2v) is 4.99. The minimum absolute atomic E-state index is 0.0944. The van der Waals surface area contributed by atoms with Crippen molar-refractivity contribution in [3.8, 4) is 0 Å². The van der Waals surface area contributed by atoms with E-state index in [-0.39, 0.29) is 6.61 Å². The maximum Gasteiger partial charge on any atom is 0.0682 e. The Morgan fingerprint density at radius 3 is 2.44 bits per heavy atom. The first-order valence-electron chi connectivity index (χ1n) is 6.35. The molecule has 0 amide bonds. The molecule has 0 bridgehead atoms. The van der Waals surface area contributed by atoms with Crippen LogP contribution in [0.25, 0.3) is 21.8 Å². The number of aliphatic hydroxyl groups is 1. The van der Waals surface area contributed by atoms with Crippen molar-refractivity contribution < 1.29 is 5.11 Å². The fourth-order valence-electron chi connectivity index (χ4n) is 2.70. The first-order valence-corrected chi connectivity index (χ1v) is 6.35. The highest BCUT2D eigenvalue weighted by molar-refractivity contribution is 6.08. The van der Waals surface area contributed by atoms with Gasteiger partial charge in [-0.3, -0.25) is 0 Å². The molecule has 18 heavy (non-hydrogen) atoms. The Morgan fingerprint density at radius 2 is 1.72 bits per heavy atom. The molecule has 2 aromatic carbocycles. The lowest BCUT2D eigenvalue weighted by molar-refractivity contribution is 0.282. The van der Waals surface area contributed by atoms with Crippen LogP contribution in [0.15, 0.2) is 42.5 Å². The number of rotatable bonds is 2. The highest BCUT2D eigenvalue weighted by atomic mass is 16.3. The first-order chi connectivity index (χ1) is 8.72. The standard InChI is InChI=1S/C16H17NO/c1-11(2)17-15-6-4-3-5-13(15)14-9-12(10-18)7-8-16(14)17/h3-9,11,18H,10H2,1-2H3. The van der Waals surface area contributed by atoms with E-state index in [1.807, 2.05) is 6.07 Å². The Bertz CT molecular complexity index is 710. The van der Waals surface area contributed by atoms with Crippen molar-refractivity contribution in [3.63, 3.8) is 0 Å². The van der Waals surface area contributed by atoms with Gasteiger partial charge in [-0.05, 0) is 37.6 Å². The average Bonchev–Trinajstić information content (AvgIpc) is 2.72. The smallest absolute Gasteiger partial charge is 0.0682 e. The molecule has 1 N–H and O–H groups in total. The van der Waals surface area contributed by atoms with Crippen molar-refractivity contribution in [1.82, 2.24) is 4.57 Å². The summed E-state index contributed by atoms with van der Waals surface area (Å²) in [7, 11) is 0. The summed E-state index contributed by atoms with van der Waals surface area (Å²) in [5.41, 5.74) is 3.47. The summed E-state index contributed by atoms with van der Waals surface area (Å²) < 4.78 is 2.35. The third-order valence-corrected chi connectivity index (χ3v) is 3.47. The second kappa shape index (κ2) is 4.14. The molecule has 3 aromatic rings. The third kappa shape index (κ3) is 1.53. The summed E-state index contributed by atoms with van der Waals surface area (Å²) in [5, 5.41) is 11.8. The van der Waals surface area contributed by atoms with Crippen molar-refractivity contribution in [3.05, 3.63) is 48.0 Å². The molecular formula is C16H17NO. The summed E-state index contributed by atoms with van der Waals surface area (Å²) >= 11 is 0. The lowest BCUT2D eigenvalue weighted by atomic mass is 10.1. The molecule has 0 saturated heterocycles. The molecule has 1 aromatic heterocycles. The van der Waals surface area contributed by atoms with Crippen LogP contribution in [0.3, 0.4) is 0 Å². The van der Waals surface area contributed by atoms with E-state index in [9.17, 15) is 5.11 Å². The Balaban J connectivity index is 2.49. The minimum Gasteiger partial charge on any atom is -0.392 e. The van der Waals surface area contributed by atoms with Crippen molar-refractivity contribution in [2.24, 2.45) is 0 Å². The Kier molecular flexibility index (Phi) is 2.60. The summed E-state index contributed by atoms with van der Waals surface area (Å²) in [5.74, 6) is 0. The monoisotopic (exact) mass is 239 g/mol. The van der Waals surface area contributed by atoms with Gasteiger partial charge < -0.3 is 9.67 Å². The fourth-order valence-corrected chi connectivity index (χ4v) is 2.70. The summed E-state index contributed by atoms with van der Waals surface area (Å²) in [6.07, 6.45) is 0. The molecule has 92 valence electrons. The number of para-hydroxylation sites is 1. The van der Waals surface area contributed by atoms with Crippen LogP contribution in [0.2, 0.25) is 0 Å². The van der Waals surface area contributed by atoms with Gasteiger partial charge in [0.15, 0.2) is 0 Å². The zero-order valence-corrected chi connectivity index (χ0v) is 10.7. The predicted octanol–water partition coefficient (Wildman–Crippen LogP) is 3.87. The van der Waals surface area contributed by atoms with Gasteiger partial charge in [0.1, 0.15) is 0 Å². The number of benzene rings is 2. The summed E-state index contributed by atoms with van der Waals surface area (Å²) in [4.78, 5) is 0. The quantitative estimate of drug-likeness (QED) is 0.721. The highest BCUT2D eigenvalue weighted by Crippen LogP contribution is 2.32. The number of aliphatic hydroxyl groups excluding tert-OH is 1. The van der Waals surface area contributed by atoms with E-state index in [1.54, 1.807) is 0 Å². The van der Waals surface area contributed by atoms with Gasteiger partial charge in [0.25, 0.3) is 0 Å². The minimum atomic E-state index is 0.0944. The van der Waals surface area contributed by atoms with Crippen LogP contribution >= 0.6 is 0 Å². The maximum absolute atomic E-state index is 9.28. The van der Waals surface area contributed by atoms with Crippen molar-refractivity contribution in [2.75, 3.05) is 0 Å². The van der Waals surface area contributed by atoms with Crippen LogP contribution < -0.4 is 0 Å². The summed E-state index contributed by atoms with van der Waals surface area (Å²) in [6, 6.07) is 15.1. The van der Waals surface area contributed by atoms with Gasteiger partial charge in [-0.2, -0.15) is 0 Å². The van der Waals surface area contributed by atoms with Crippen molar-refractivity contribution in [2.45, 2.75) is 26.5 Å². The van der Waals surface area contributed by atoms with Crippen LogP contribution in [0, 0.1) is 0 Å². The molecule has 0 radical (unpaired) electrons. The van der Waals surface area contributed by atoms with E-state index in [4.69, 9.17) is 0 Å². The number of nitrogens with zero attached hydrogens (tertiary/aromatic N) is 1. The molecule has 0 spiro atoms. The van der Waals surface area contributed by atoms with E-state index in [1.165, 1.54) is 21.8 Å². The van der Waals surface area contributed by atoms with Crippen LogP contribution in [0.5, 0.6) is 0 Å². The van der Waals surface area contributed by atoms with Gasteiger partial charge >= 0.3 is 0 Å². The third-order valence-electron chi connectivity index (χ3n) is 3.47. The molecule has 1 heterocycles. The normalized spacial score (nSPS) is 11.8. The van der Waals surface area contributed by atoms with E-state index in [0.29, 0.717) is 6.04 Å². The molecule has 0 aliphatic rings. The molecule has 0 aliphatic heterocycles. The SMILES string of the molecule is CC(C)n1c2ccccc2c2cc(CO)ccc21. The average molecular weight is 239 g/mol. The van der Waals surface area contributed by atoms with Crippen LogP contribution in [-0.4, -0.2) is 9.67 Å². The molecule has 3 rings (SSSR count). The first kappa shape index (κ1) is 11.3. The predicted molar refractivity (Wildman–Crippen MR) is 75.8 cm³/mol. The van der Waals surface area contributed by atoms with E-state index >= 15 is 0 Å². The molecule has 0 aliphatic carbocycles. The topological polar surface area (TPSA) is 25.2 Å². The fraction of sp³-hybridized carbons (Fsp3) is 0.250. The second-order valence-electron chi connectivity index (χ2n) is 4.99. The van der Waals surface area contributed by atoms with Crippen molar-refractivity contribution in [1.29, 1.82) is 0 Å². The number of aromatic nitrogens is 1. The Morgan fingerprint density at radius 1 is 1.00 bits per heavy atom. The van der Waals surface area contributed by atoms with Crippen LogP contribution in [0.1, 0.15) is 25.5 Å². The molecular weight excluding hydrogens is 222 g/mol.